The highest BCUT2D eigenvalue weighted by Crippen LogP contribution is 2.26. The SMILES string of the molecule is CC(=O)NC1CCCC1C(=O)CCl. The number of hydrogen-bond acceptors (Lipinski definition) is 2. The minimum absolute atomic E-state index is 0.0174. The molecular formula is C9H14ClNO2. The van der Waals surface area contributed by atoms with E-state index in [2.05, 4.69) is 5.32 Å². The van der Waals surface area contributed by atoms with Gasteiger partial charge in [0, 0.05) is 18.9 Å². The summed E-state index contributed by atoms with van der Waals surface area (Å²) in [5.74, 6) is -0.0144. The van der Waals surface area contributed by atoms with Gasteiger partial charge >= 0.3 is 0 Å². The molecule has 1 aliphatic rings. The molecule has 0 aromatic rings. The summed E-state index contributed by atoms with van der Waals surface area (Å²) in [4.78, 5) is 22.1. The number of ketones is 1. The van der Waals surface area contributed by atoms with Crippen molar-refractivity contribution in [2.45, 2.75) is 32.2 Å². The molecule has 0 aromatic carbocycles. The topological polar surface area (TPSA) is 46.2 Å². The van der Waals surface area contributed by atoms with Gasteiger partial charge in [-0.2, -0.15) is 0 Å². The zero-order valence-electron chi connectivity index (χ0n) is 7.68. The van der Waals surface area contributed by atoms with E-state index in [4.69, 9.17) is 11.6 Å². The Balaban J connectivity index is 2.53. The van der Waals surface area contributed by atoms with Crippen LogP contribution in [0.5, 0.6) is 0 Å². The largest absolute Gasteiger partial charge is 0.353 e. The van der Waals surface area contributed by atoms with Crippen LogP contribution < -0.4 is 5.32 Å². The van der Waals surface area contributed by atoms with Gasteiger partial charge < -0.3 is 5.32 Å². The molecule has 4 heteroatoms. The van der Waals surface area contributed by atoms with Crippen molar-refractivity contribution in [1.29, 1.82) is 0 Å². The Kier molecular flexibility index (Phi) is 3.72. The highest BCUT2D eigenvalue weighted by molar-refractivity contribution is 6.28. The van der Waals surface area contributed by atoms with Crippen molar-refractivity contribution in [2.75, 3.05) is 5.88 Å². The molecule has 0 aliphatic heterocycles. The zero-order chi connectivity index (χ0) is 9.84. The standard InChI is InChI=1S/C9H14ClNO2/c1-6(12)11-8-4-2-3-7(8)9(13)5-10/h7-8H,2-5H2,1H3,(H,11,12). The maximum atomic E-state index is 11.3. The second-order valence-corrected chi connectivity index (χ2v) is 3.71. The van der Waals surface area contributed by atoms with Gasteiger partial charge in [-0.25, -0.2) is 0 Å². The summed E-state index contributed by atoms with van der Waals surface area (Å²) in [7, 11) is 0. The number of amides is 1. The molecule has 0 aromatic heterocycles. The Morgan fingerprint density at radius 3 is 2.69 bits per heavy atom. The smallest absolute Gasteiger partial charge is 0.217 e. The quantitative estimate of drug-likeness (QED) is 0.699. The van der Waals surface area contributed by atoms with Gasteiger partial charge in [0.05, 0.1) is 5.88 Å². The number of Topliss-reactive ketones (excluding diaryl/α,β-unsaturated/α-hetero) is 1. The van der Waals surface area contributed by atoms with Crippen LogP contribution in [-0.2, 0) is 9.59 Å². The van der Waals surface area contributed by atoms with Crippen LogP contribution in [-0.4, -0.2) is 23.6 Å². The first-order valence-corrected chi connectivity index (χ1v) is 5.04. The van der Waals surface area contributed by atoms with E-state index in [0.717, 1.165) is 19.3 Å². The van der Waals surface area contributed by atoms with E-state index in [1.807, 2.05) is 0 Å². The summed E-state index contributed by atoms with van der Waals surface area (Å²) in [6, 6.07) is 0.0174. The Hall–Kier alpha value is -0.570. The molecule has 1 fully saturated rings. The van der Waals surface area contributed by atoms with Crippen molar-refractivity contribution in [3.05, 3.63) is 0 Å². The van der Waals surface area contributed by atoms with Crippen LogP contribution in [0.4, 0.5) is 0 Å². The molecule has 3 nitrogen and oxygen atoms in total. The molecule has 0 radical (unpaired) electrons. The molecule has 2 atom stereocenters. The molecule has 74 valence electrons. The average molecular weight is 204 g/mol. The van der Waals surface area contributed by atoms with E-state index in [1.165, 1.54) is 6.92 Å². The van der Waals surface area contributed by atoms with Gasteiger partial charge in [0.15, 0.2) is 5.78 Å². The maximum absolute atomic E-state index is 11.3. The fourth-order valence-corrected chi connectivity index (χ4v) is 2.08. The molecule has 0 saturated heterocycles. The molecule has 0 bridgehead atoms. The summed E-state index contributed by atoms with van der Waals surface area (Å²) in [6.07, 6.45) is 2.75. The third-order valence-corrected chi connectivity index (χ3v) is 2.71. The van der Waals surface area contributed by atoms with Gasteiger partial charge in [0.2, 0.25) is 5.91 Å². The van der Waals surface area contributed by atoms with Gasteiger partial charge in [-0.1, -0.05) is 6.42 Å². The highest BCUT2D eigenvalue weighted by atomic mass is 35.5. The summed E-state index contributed by atoms with van der Waals surface area (Å²) >= 11 is 5.47. The molecular weight excluding hydrogens is 190 g/mol. The lowest BCUT2D eigenvalue weighted by Crippen LogP contribution is -2.39. The van der Waals surface area contributed by atoms with E-state index in [-0.39, 0.29) is 29.5 Å². The molecule has 2 unspecified atom stereocenters. The number of alkyl halides is 1. The van der Waals surface area contributed by atoms with E-state index in [1.54, 1.807) is 0 Å². The number of hydrogen-bond donors (Lipinski definition) is 1. The van der Waals surface area contributed by atoms with Gasteiger partial charge in [-0.3, -0.25) is 9.59 Å². The first-order chi connectivity index (χ1) is 6.15. The van der Waals surface area contributed by atoms with Crippen molar-refractivity contribution < 1.29 is 9.59 Å². The predicted molar refractivity (Wildman–Crippen MR) is 50.7 cm³/mol. The minimum Gasteiger partial charge on any atom is -0.353 e. The van der Waals surface area contributed by atoms with E-state index >= 15 is 0 Å². The summed E-state index contributed by atoms with van der Waals surface area (Å²) in [5.41, 5.74) is 0. The lowest BCUT2D eigenvalue weighted by Gasteiger charge is -2.17. The number of halogens is 1. The molecule has 1 N–H and O–H groups in total. The molecule has 1 amide bonds. The number of rotatable bonds is 3. The monoisotopic (exact) mass is 203 g/mol. The van der Waals surface area contributed by atoms with Crippen LogP contribution in [0, 0.1) is 5.92 Å². The lowest BCUT2D eigenvalue weighted by atomic mass is 9.99. The van der Waals surface area contributed by atoms with Gasteiger partial charge in [-0.05, 0) is 12.8 Å². The first-order valence-electron chi connectivity index (χ1n) is 4.51. The molecule has 1 rings (SSSR count). The summed E-state index contributed by atoms with van der Waals surface area (Å²) in [6.45, 7) is 1.47. The fourth-order valence-electron chi connectivity index (χ4n) is 1.88. The third kappa shape index (κ3) is 2.69. The van der Waals surface area contributed by atoms with E-state index in [9.17, 15) is 9.59 Å². The third-order valence-electron chi connectivity index (χ3n) is 2.45. The Morgan fingerprint density at radius 2 is 2.15 bits per heavy atom. The maximum Gasteiger partial charge on any atom is 0.217 e. The van der Waals surface area contributed by atoms with Gasteiger partial charge in [-0.15, -0.1) is 11.6 Å². The van der Waals surface area contributed by atoms with Crippen molar-refractivity contribution in [1.82, 2.24) is 5.32 Å². The molecule has 1 aliphatic carbocycles. The minimum atomic E-state index is -0.0701. The fraction of sp³-hybridized carbons (Fsp3) is 0.778. The van der Waals surface area contributed by atoms with E-state index < -0.39 is 0 Å². The van der Waals surface area contributed by atoms with Crippen LogP contribution in [0.25, 0.3) is 0 Å². The van der Waals surface area contributed by atoms with Gasteiger partial charge in [0.1, 0.15) is 0 Å². The molecule has 13 heavy (non-hydrogen) atoms. The van der Waals surface area contributed by atoms with E-state index in [0.29, 0.717) is 0 Å². The van der Waals surface area contributed by atoms with Crippen molar-refractivity contribution in [3.63, 3.8) is 0 Å². The van der Waals surface area contributed by atoms with Crippen LogP contribution >= 0.6 is 11.6 Å². The van der Waals surface area contributed by atoms with Crippen LogP contribution in [0.1, 0.15) is 26.2 Å². The number of carbonyl (C=O) groups is 2. The lowest BCUT2D eigenvalue weighted by molar-refractivity contribution is -0.122. The van der Waals surface area contributed by atoms with Crippen LogP contribution in [0.2, 0.25) is 0 Å². The van der Waals surface area contributed by atoms with Crippen molar-refractivity contribution in [3.8, 4) is 0 Å². The zero-order valence-corrected chi connectivity index (χ0v) is 8.43. The molecule has 1 saturated carbocycles. The summed E-state index contributed by atoms with van der Waals surface area (Å²) < 4.78 is 0. The number of nitrogens with one attached hydrogen (secondary N) is 1. The van der Waals surface area contributed by atoms with Gasteiger partial charge in [0.25, 0.3) is 0 Å². The second-order valence-electron chi connectivity index (χ2n) is 3.44. The van der Waals surface area contributed by atoms with Crippen LogP contribution in [0.3, 0.4) is 0 Å². The first kappa shape index (κ1) is 10.5. The highest BCUT2D eigenvalue weighted by Gasteiger charge is 2.32. The second kappa shape index (κ2) is 4.61. The molecule has 0 heterocycles. The Labute approximate surface area is 82.8 Å². The van der Waals surface area contributed by atoms with Crippen LogP contribution in [0.15, 0.2) is 0 Å². The Bertz CT molecular complexity index is 218. The number of carbonyl (C=O) groups excluding carboxylic acids is 2. The normalized spacial score (nSPS) is 27.2. The summed E-state index contributed by atoms with van der Waals surface area (Å²) in [5, 5.41) is 2.79. The molecule has 0 spiro atoms. The average Bonchev–Trinajstić information content (AvgIpc) is 2.50. The van der Waals surface area contributed by atoms with Crippen molar-refractivity contribution in [2.24, 2.45) is 5.92 Å². The Morgan fingerprint density at radius 1 is 1.46 bits per heavy atom. The predicted octanol–water partition coefficient (Wildman–Crippen LogP) is 1.10. The van der Waals surface area contributed by atoms with Crippen molar-refractivity contribution >= 4 is 23.3 Å².